The summed E-state index contributed by atoms with van der Waals surface area (Å²) >= 11 is 0. The van der Waals surface area contributed by atoms with Crippen LogP contribution in [-0.2, 0) is 6.42 Å². The van der Waals surface area contributed by atoms with E-state index in [9.17, 15) is 0 Å². The molecule has 0 spiro atoms. The third-order valence-corrected chi connectivity index (χ3v) is 3.86. The number of hydrazine groups is 1. The molecule has 0 aromatic heterocycles. The van der Waals surface area contributed by atoms with E-state index in [1.807, 2.05) is 48.5 Å². The maximum Gasteiger partial charge on any atom is 0.130 e. The minimum Gasteiger partial charge on any atom is -0.496 e. The van der Waals surface area contributed by atoms with E-state index in [4.69, 9.17) is 10.6 Å². The maximum absolute atomic E-state index is 5.73. The number of hydrogen-bond donors (Lipinski definition) is 2. The third-order valence-electron chi connectivity index (χ3n) is 3.86. The number of nitrogen functional groups attached to an aromatic ring is 1. The summed E-state index contributed by atoms with van der Waals surface area (Å²) in [7, 11) is 1.71. The molecule has 0 aliphatic heterocycles. The van der Waals surface area contributed by atoms with Crippen molar-refractivity contribution in [2.75, 3.05) is 12.5 Å². The van der Waals surface area contributed by atoms with Gasteiger partial charge >= 0.3 is 0 Å². The minimum atomic E-state index is 0.791. The van der Waals surface area contributed by atoms with Gasteiger partial charge in [-0.05, 0) is 23.3 Å². The van der Waals surface area contributed by atoms with E-state index in [2.05, 4.69) is 29.7 Å². The van der Waals surface area contributed by atoms with Crippen molar-refractivity contribution < 1.29 is 4.74 Å². The van der Waals surface area contributed by atoms with E-state index in [0.29, 0.717) is 0 Å². The van der Waals surface area contributed by atoms with Gasteiger partial charge in [-0.25, -0.2) is 0 Å². The highest BCUT2D eigenvalue weighted by molar-refractivity contribution is 5.76. The van der Waals surface area contributed by atoms with Crippen LogP contribution in [0.4, 0.5) is 5.69 Å². The van der Waals surface area contributed by atoms with Crippen LogP contribution < -0.4 is 16.0 Å². The summed E-state index contributed by atoms with van der Waals surface area (Å²) in [5.41, 5.74) is 8.11. The van der Waals surface area contributed by atoms with E-state index >= 15 is 0 Å². The Kier molecular flexibility index (Phi) is 4.60. The molecule has 116 valence electrons. The van der Waals surface area contributed by atoms with Crippen molar-refractivity contribution in [1.29, 1.82) is 0 Å². The molecule has 0 radical (unpaired) electrons. The monoisotopic (exact) mass is 304 g/mol. The average molecular weight is 304 g/mol. The Hall–Kier alpha value is -2.78. The van der Waals surface area contributed by atoms with Crippen molar-refractivity contribution >= 4 is 5.69 Å². The predicted molar refractivity (Wildman–Crippen MR) is 95.5 cm³/mol. The normalized spacial score (nSPS) is 10.3. The van der Waals surface area contributed by atoms with Crippen molar-refractivity contribution in [3.05, 3.63) is 83.9 Å². The number of nitrogens with one attached hydrogen (secondary N) is 1. The van der Waals surface area contributed by atoms with Gasteiger partial charge in [0.25, 0.3) is 0 Å². The largest absolute Gasteiger partial charge is 0.496 e. The zero-order valence-corrected chi connectivity index (χ0v) is 13.1. The molecule has 0 aliphatic carbocycles. The minimum absolute atomic E-state index is 0.791. The number of methoxy groups -OCH3 is 1. The number of benzene rings is 3. The molecule has 0 saturated heterocycles. The average Bonchev–Trinajstić information content (AvgIpc) is 2.62. The molecule has 0 bridgehead atoms. The Morgan fingerprint density at radius 2 is 1.57 bits per heavy atom. The fourth-order valence-electron chi connectivity index (χ4n) is 2.79. The molecule has 3 rings (SSSR count). The summed E-state index contributed by atoms with van der Waals surface area (Å²) in [4.78, 5) is 0. The second kappa shape index (κ2) is 6.99. The first-order valence-corrected chi connectivity index (χ1v) is 7.58. The highest BCUT2D eigenvalue weighted by Crippen LogP contribution is 2.37. The Morgan fingerprint density at radius 3 is 2.17 bits per heavy atom. The summed E-state index contributed by atoms with van der Waals surface area (Å²) in [6.45, 7) is 0. The lowest BCUT2D eigenvalue weighted by Crippen LogP contribution is -2.08. The first kappa shape index (κ1) is 15.1. The smallest absolute Gasteiger partial charge is 0.130 e. The van der Waals surface area contributed by atoms with Gasteiger partial charge in [-0.1, -0.05) is 60.7 Å². The molecule has 0 saturated carbocycles. The van der Waals surface area contributed by atoms with Crippen LogP contribution in [0.2, 0.25) is 0 Å². The molecule has 0 aliphatic rings. The first-order chi connectivity index (χ1) is 11.3. The van der Waals surface area contributed by atoms with Gasteiger partial charge in [-0.15, -0.1) is 0 Å². The summed E-state index contributed by atoms with van der Waals surface area (Å²) in [5, 5.41) is 0. The van der Waals surface area contributed by atoms with Crippen molar-refractivity contribution in [2.45, 2.75) is 6.42 Å². The number of ether oxygens (including phenoxy) is 1. The number of rotatable bonds is 5. The highest BCUT2D eigenvalue weighted by Gasteiger charge is 2.13. The van der Waals surface area contributed by atoms with Gasteiger partial charge < -0.3 is 10.2 Å². The Labute approximate surface area is 136 Å². The molecular formula is C20H20N2O. The second-order valence-corrected chi connectivity index (χ2v) is 5.39. The van der Waals surface area contributed by atoms with Crippen LogP contribution >= 0.6 is 0 Å². The molecule has 3 N–H and O–H groups in total. The SMILES string of the molecule is COc1c(Cc2ccccc2)cc(NN)cc1-c1ccccc1. The first-order valence-electron chi connectivity index (χ1n) is 7.58. The van der Waals surface area contributed by atoms with Crippen molar-refractivity contribution in [3.63, 3.8) is 0 Å². The van der Waals surface area contributed by atoms with Gasteiger partial charge in [-0.2, -0.15) is 0 Å². The molecule has 3 heteroatoms. The maximum atomic E-state index is 5.73. The third kappa shape index (κ3) is 3.35. The van der Waals surface area contributed by atoms with Gasteiger partial charge in [0, 0.05) is 23.2 Å². The van der Waals surface area contributed by atoms with Crippen LogP contribution in [0.25, 0.3) is 11.1 Å². The fraction of sp³-hybridized carbons (Fsp3) is 0.100. The molecule has 3 nitrogen and oxygen atoms in total. The zero-order valence-electron chi connectivity index (χ0n) is 13.1. The van der Waals surface area contributed by atoms with Crippen LogP contribution in [0.3, 0.4) is 0 Å². The molecule has 3 aromatic rings. The lowest BCUT2D eigenvalue weighted by atomic mass is 9.96. The second-order valence-electron chi connectivity index (χ2n) is 5.39. The molecule has 0 fully saturated rings. The molecule has 0 unspecified atom stereocenters. The van der Waals surface area contributed by atoms with E-state index in [-0.39, 0.29) is 0 Å². The quantitative estimate of drug-likeness (QED) is 0.547. The van der Waals surface area contributed by atoms with Crippen LogP contribution in [0.15, 0.2) is 72.8 Å². The van der Waals surface area contributed by atoms with Gasteiger partial charge in [-0.3, -0.25) is 5.84 Å². The summed E-state index contributed by atoms with van der Waals surface area (Å²) < 4.78 is 5.73. The van der Waals surface area contributed by atoms with E-state index < -0.39 is 0 Å². The topological polar surface area (TPSA) is 47.3 Å². The lowest BCUT2D eigenvalue weighted by Gasteiger charge is -2.16. The van der Waals surface area contributed by atoms with Crippen LogP contribution in [0, 0.1) is 0 Å². The van der Waals surface area contributed by atoms with Gasteiger partial charge in [0.2, 0.25) is 0 Å². The van der Waals surface area contributed by atoms with Crippen LogP contribution in [0.1, 0.15) is 11.1 Å². The molecule has 23 heavy (non-hydrogen) atoms. The van der Waals surface area contributed by atoms with Crippen molar-refractivity contribution in [2.24, 2.45) is 5.84 Å². The molecule has 0 atom stereocenters. The summed E-state index contributed by atoms with van der Waals surface area (Å²) in [6.07, 6.45) is 0.791. The Morgan fingerprint density at radius 1 is 0.913 bits per heavy atom. The molecule has 3 aromatic carbocycles. The van der Waals surface area contributed by atoms with Crippen molar-refractivity contribution in [1.82, 2.24) is 0 Å². The number of anilines is 1. The van der Waals surface area contributed by atoms with Gasteiger partial charge in [0.15, 0.2) is 0 Å². The standard InChI is InChI=1S/C20H20N2O/c1-23-20-17(12-15-8-4-2-5-9-15)13-18(22-21)14-19(20)16-10-6-3-7-11-16/h2-11,13-14,22H,12,21H2,1H3. The van der Waals surface area contributed by atoms with Crippen molar-refractivity contribution in [3.8, 4) is 16.9 Å². The summed E-state index contributed by atoms with van der Waals surface area (Å²) in [6, 6.07) is 24.6. The van der Waals surface area contributed by atoms with Gasteiger partial charge in [0.1, 0.15) is 5.75 Å². The molecule has 0 heterocycles. The summed E-state index contributed by atoms with van der Waals surface area (Å²) in [5.74, 6) is 6.55. The molecular weight excluding hydrogens is 284 g/mol. The number of hydrogen-bond acceptors (Lipinski definition) is 3. The zero-order chi connectivity index (χ0) is 16.1. The van der Waals surface area contributed by atoms with Crippen LogP contribution in [0.5, 0.6) is 5.75 Å². The van der Waals surface area contributed by atoms with Crippen LogP contribution in [-0.4, -0.2) is 7.11 Å². The Balaban J connectivity index is 2.11. The van der Waals surface area contributed by atoms with E-state index in [1.54, 1.807) is 7.11 Å². The highest BCUT2D eigenvalue weighted by atomic mass is 16.5. The predicted octanol–water partition coefficient (Wildman–Crippen LogP) is 4.24. The Bertz CT molecular complexity index is 770. The van der Waals surface area contributed by atoms with E-state index in [0.717, 1.165) is 34.5 Å². The van der Waals surface area contributed by atoms with E-state index in [1.165, 1.54) is 5.56 Å². The lowest BCUT2D eigenvalue weighted by molar-refractivity contribution is 0.412. The fourth-order valence-corrected chi connectivity index (χ4v) is 2.79. The molecule has 0 amide bonds. The number of nitrogens with two attached hydrogens (primary N) is 1. The van der Waals surface area contributed by atoms with Gasteiger partial charge in [0.05, 0.1) is 7.11 Å².